The molecule has 0 N–H and O–H groups in total. The minimum Gasteiger partial charge on any atom is -0.310 e. The summed E-state index contributed by atoms with van der Waals surface area (Å²) in [5.41, 5.74) is 30.0. The zero-order valence-electron chi connectivity index (χ0n) is 55.5. The van der Waals surface area contributed by atoms with E-state index in [0.29, 0.717) is 0 Å². The highest BCUT2D eigenvalue weighted by atomic mass is 15.2. The van der Waals surface area contributed by atoms with Gasteiger partial charge in [-0.05, 0) is 186 Å². The maximum atomic E-state index is 2.73. The molecule has 17 aromatic carbocycles. The molecule has 3 heteroatoms. The van der Waals surface area contributed by atoms with Crippen LogP contribution in [0.4, 0.5) is 34.1 Å². The van der Waals surface area contributed by atoms with Crippen LogP contribution in [0.2, 0.25) is 0 Å². The summed E-state index contributed by atoms with van der Waals surface area (Å²) >= 11 is 0. The van der Waals surface area contributed by atoms with Crippen molar-refractivity contribution in [2.75, 3.05) is 9.80 Å². The normalized spacial score (nSPS) is 12.5. The Morgan fingerprint density at radius 2 is 0.626 bits per heavy atom. The van der Waals surface area contributed by atoms with Crippen LogP contribution in [0.25, 0.3) is 132 Å². The maximum Gasteiger partial charge on any atom is 0.252 e. The summed E-state index contributed by atoms with van der Waals surface area (Å²) in [7, 11) is 0. The molecule has 0 aliphatic carbocycles. The molecule has 17 aromatic rings. The number of benzene rings is 17. The second-order valence-corrected chi connectivity index (χ2v) is 27.8. The van der Waals surface area contributed by atoms with Crippen molar-refractivity contribution in [3.63, 3.8) is 0 Å². The fraction of sp³-hybridized carbons (Fsp3) is 0.0417. The molecular weight excluding hydrogens is 1190 g/mol. The molecule has 2 aliphatic heterocycles. The Bertz CT molecular complexity index is 5860. The van der Waals surface area contributed by atoms with Crippen LogP contribution >= 0.6 is 0 Å². The minimum absolute atomic E-state index is 0.227. The maximum absolute atomic E-state index is 2.73. The summed E-state index contributed by atoms with van der Waals surface area (Å²) in [5, 5.41) is 10.2. The highest BCUT2D eigenvalue weighted by molar-refractivity contribution is 7.00. The molecule has 2 aliphatic rings. The SMILES string of the molecule is CC(C)(C)c1cc2c3c(c1)N(c1c(-c4ccccc4)cc(-c4ccccc4)cc1-c1ccccc1)c1cc(-c4ccc5cccc6c7cccc8cccc(c4c56)c87)ccc1B3c1cc(-c3ccccc3)ccc1N2c1c(-c2ccccc2)cc(-c2ccccc2)cc1-c1ccccc1. The molecule has 0 saturated carbocycles. The number of hydrogen-bond acceptors (Lipinski definition) is 2. The van der Waals surface area contributed by atoms with Gasteiger partial charge in [-0.25, -0.2) is 0 Å². The molecule has 19 rings (SSSR count). The second kappa shape index (κ2) is 23.2. The Morgan fingerprint density at radius 3 is 1.08 bits per heavy atom. The molecule has 99 heavy (non-hydrogen) atoms. The molecule has 0 fully saturated rings. The van der Waals surface area contributed by atoms with E-state index in [-0.39, 0.29) is 12.1 Å². The number of rotatable bonds is 10. The Balaban J connectivity index is 0.992. The molecule has 0 aromatic heterocycles. The molecule has 0 bridgehead atoms. The van der Waals surface area contributed by atoms with Gasteiger partial charge < -0.3 is 9.80 Å². The number of fused-ring (bicyclic) bond motifs is 6. The average Bonchev–Trinajstić information content (AvgIpc) is 0.687. The van der Waals surface area contributed by atoms with Gasteiger partial charge in [0.2, 0.25) is 0 Å². The van der Waals surface area contributed by atoms with Crippen LogP contribution in [0.5, 0.6) is 0 Å². The molecule has 0 unspecified atom stereocenters. The summed E-state index contributed by atoms with van der Waals surface area (Å²) in [4.78, 5) is 5.42. The Labute approximate surface area is 579 Å². The quantitative estimate of drug-likeness (QED) is 0.0765. The summed E-state index contributed by atoms with van der Waals surface area (Å²) in [5.74, 6) is 0. The van der Waals surface area contributed by atoms with Gasteiger partial charge in [-0.3, -0.25) is 0 Å². The van der Waals surface area contributed by atoms with Crippen molar-refractivity contribution in [1.29, 1.82) is 0 Å². The first-order valence-electron chi connectivity index (χ1n) is 34.7. The lowest BCUT2D eigenvalue weighted by molar-refractivity contribution is 0.590. The largest absolute Gasteiger partial charge is 0.310 e. The van der Waals surface area contributed by atoms with Crippen LogP contribution in [0.1, 0.15) is 26.3 Å². The van der Waals surface area contributed by atoms with Crippen molar-refractivity contribution < 1.29 is 0 Å². The molecule has 0 atom stereocenters. The highest BCUT2D eigenvalue weighted by Gasteiger charge is 2.46. The van der Waals surface area contributed by atoms with Crippen LogP contribution in [0.15, 0.2) is 352 Å². The monoisotopic (exact) mass is 1260 g/mol. The first-order chi connectivity index (χ1) is 48.8. The molecule has 0 radical (unpaired) electrons. The predicted octanol–water partition coefficient (Wildman–Crippen LogP) is 24.5. The van der Waals surface area contributed by atoms with Crippen molar-refractivity contribution in [1.82, 2.24) is 0 Å². The lowest BCUT2D eigenvalue weighted by Crippen LogP contribution is -2.61. The van der Waals surface area contributed by atoms with Gasteiger partial charge in [-0.15, -0.1) is 0 Å². The standard InChI is InChI=1S/C96H67BN2/c1-96(2,3)75-60-88-93-89(61-75)99(95-82(67-38-21-9-22-39-67)56-74(64-32-15-6-16-33-64)57-83(95)68-40-23-10-24-41-68)87-59-72(76-51-48-70-44-26-46-78-77-45-25-42-69-43-27-47-79(90(69)77)92(76)91(70)78)49-52-84(87)97(93)85-58-71(62-28-11-4-12-29-62)50-53-86(85)98(88)94-80(65-34-17-7-18-35-65)54-73(63-30-13-5-14-31-63)55-81(94)66-36-19-8-20-37-66/h4-61H,1-3H3. The average molecular weight is 1260 g/mol. The van der Waals surface area contributed by atoms with E-state index in [0.717, 1.165) is 101 Å². The predicted molar refractivity (Wildman–Crippen MR) is 424 cm³/mol. The highest BCUT2D eigenvalue weighted by Crippen LogP contribution is 2.56. The van der Waals surface area contributed by atoms with E-state index in [1.54, 1.807) is 0 Å². The van der Waals surface area contributed by atoms with Gasteiger partial charge in [0.25, 0.3) is 6.71 Å². The number of anilines is 6. The van der Waals surface area contributed by atoms with Gasteiger partial charge in [0, 0.05) is 45.0 Å². The second-order valence-electron chi connectivity index (χ2n) is 27.8. The Morgan fingerprint density at radius 1 is 0.232 bits per heavy atom. The lowest BCUT2D eigenvalue weighted by Gasteiger charge is -2.46. The molecule has 0 spiro atoms. The molecule has 2 nitrogen and oxygen atoms in total. The van der Waals surface area contributed by atoms with Crippen molar-refractivity contribution in [2.45, 2.75) is 26.2 Å². The Kier molecular flexibility index (Phi) is 13.6. The van der Waals surface area contributed by atoms with E-state index in [1.165, 1.54) is 87.3 Å². The van der Waals surface area contributed by atoms with E-state index in [1.807, 2.05) is 0 Å². The smallest absolute Gasteiger partial charge is 0.252 e. The Hall–Kier alpha value is -12.3. The number of nitrogens with zero attached hydrogens (tertiary/aromatic N) is 2. The molecule has 2 heterocycles. The van der Waals surface area contributed by atoms with Crippen LogP contribution < -0.4 is 26.2 Å². The van der Waals surface area contributed by atoms with Crippen molar-refractivity contribution in [3.05, 3.63) is 357 Å². The van der Waals surface area contributed by atoms with Gasteiger partial charge in [-0.2, -0.15) is 0 Å². The summed E-state index contributed by atoms with van der Waals surface area (Å²) in [6.07, 6.45) is 0. The molecule has 464 valence electrons. The third-order valence-electron chi connectivity index (χ3n) is 21.1. The van der Waals surface area contributed by atoms with E-state index >= 15 is 0 Å². The minimum atomic E-state index is -0.315. The molecular formula is C96H67BN2. The summed E-state index contributed by atoms with van der Waals surface area (Å²) in [6.45, 7) is 6.95. The van der Waals surface area contributed by atoms with E-state index in [4.69, 9.17) is 0 Å². The summed E-state index contributed by atoms with van der Waals surface area (Å²) < 4.78 is 0. The first kappa shape index (κ1) is 58.1. The van der Waals surface area contributed by atoms with Gasteiger partial charge in [0.05, 0.1) is 11.4 Å². The van der Waals surface area contributed by atoms with E-state index < -0.39 is 0 Å². The van der Waals surface area contributed by atoms with Crippen molar-refractivity contribution >= 4 is 100 Å². The van der Waals surface area contributed by atoms with Crippen LogP contribution in [-0.2, 0) is 5.41 Å². The first-order valence-corrected chi connectivity index (χ1v) is 34.7. The third kappa shape index (κ3) is 9.55. The van der Waals surface area contributed by atoms with Crippen molar-refractivity contribution in [2.24, 2.45) is 0 Å². The number of hydrogen-bond donors (Lipinski definition) is 0. The van der Waals surface area contributed by atoms with Crippen LogP contribution in [0, 0.1) is 0 Å². The van der Waals surface area contributed by atoms with Gasteiger partial charge in [0.15, 0.2) is 0 Å². The summed E-state index contributed by atoms with van der Waals surface area (Å²) in [6, 6.07) is 133. The molecule has 0 saturated heterocycles. The third-order valence-corrected chi connectivity index (χ3v) is 21.1. The van der Waals surface area contributed by atoms with Crippen molar-refractivity contribution in [3.8, 4) is 89.0 Å². The topological polar surface area (TPSA) is 6.48 Å². The van der Waals surface area contributed by atoms with Crippen LogP contribution in [0.3, 0.4) is 0 Å². The zero-order chi connectivity index (χ0) is 65.9. The lowest BCUT2D eigenvalue weighted by atomic mass is 9.33. The van der Waals surface area contributed by atoms with Gasteiger partial charge in [-0.1, -0.05) is 324 Å². The van der Waals surface area contributed by atoms with Gasteiger partial charge >= 0.3 is 0 Å². The van der Waals surface area contributed by atoms with Crippen LogP contribution in [-0.4, -0.2) is 6.71 Å². The van der Waals surface area contributed by atoms with E-state index in [9.17, 15) is 0 Å². The fourth-order valence-electron chi connectivity index (χ4n) is 16.5. The zero-order valence-corrected chi connectivity index (χ0v) is 55.5. The molecule has 0 amide bonds. The van der Waals surface area contributed by atoms with E-state index in [2.05, 4.69) is 382 Å². The fourth-order valence-corrected chi connectivity index (χ4v) is 16.5. The van der Waals surface area contributed by atoms with Gasteiger partial charge in [0.1, 0.15) is 0 Å².